The maximum Gasteiger partial charge on any atom is 0.337 e. The number of carboxylic acids is 1. The molecule has 0 spiro atoms. The average molecular weight is 292 g/mol. The fourth-order valence-corrected chi connectivity index (χ4v) is 1.77. The van der Waals surface area contributed by atoms with E-state index in [2.05, 4.69) is 15.5 Å². The summed E-state index contributed by atoms with van der Waals surface area (Å²) in [4.78, 5) is 24.9. The van der Waals surface area contributed by atoms with Gasteiger partial charge in [0.05, 0.1) is 16.2 Å². The van der Waals surface area contributed by atoms with Crippen molar-refractivity contribution in [1.29, 1.82) is 0 Å². The number of nitrogens with one attached hydrogen (secondary N) is 1. The first-order chi connectivity index (χ1) is 9.90. The molecule has 0 aliphatic heterocycles. The summed E-state index contributed by atoms with van der Waals surface area (Å²) >= 11 is 0. The summed E-state index contributed by atoms with van der Waals surface area (Å²) in [6.45, 7) is 3.72. The van der Waals surface area contributed by atoms with Crippen molar-refractivity contribution < 1.29 is 19.3 Å². The lowest BCUT2D eigenvalue weighted by Crippen LogP contribution is -2.08. The molecule has 0 radical (unpaired) electrons. The number of aromatic carboxylic acids is 1. The molecule has 0 aliphatic rings. The summed E-state index contributed by atoms with van der Waals surface area (Å²) in [5.74, 6) is -0.683. The zero-order valence-corrected chi connectivity index (χ0v) is 11.3. The molecule has 9 heteroatoms. The minimum Gasteiger partial charge on any atom is -0.478 e. The second-order valence-electron chi connectivity index (χ2n) is 4.31. The molecule has 0 bridgehead atoms. The van der Waals surface area contributed by atoms with Crippen LogP contribution in [-0.4, -0.2) is 26.1 Å². The Morgan fingerprint density at radius 3 is 2.76 bits per heavy atom. The van der Waals surface area contributed by atoms with Crippen LogP contribution in [0.2, 0.25) is 0 Å². The van der Waals surface area contributed by atoms with Crippen molar-refractivity contribution in [2.75, 3.05) is 5.32 Å². The molecule has 0 amide bonds. The average Bonchev–Trinajstić information content (AvgIpc) is 2.75. The minimum atomic E-state index is -1.28. The van der Waals surface area contributed by atoms with E-state index >= 15 is 0 Å². The van der Waals surface area contributed by atoms with E-state index in [0.717, 1.165) is 17.8 Å². The van der Waals surface area contributed by atoms with Gasteiger partial charge in [-0.2, -0.15) is 0 Å². The highest BCUT2D eigenvalue weighted by molar-refractivity contribution is 5.88. The smallest absolute Gasteiger partial charge is 0.337 e. The number of nitrogens with zero attached hydrogens (tertiary/aromatic N) is 3. The zero-order chi connectivity index (χ0) is 15.6. The van der Waals surface area contributed by atoms with Gasteiger partial charge in [0.1, 0.15) is 5.76 Å². The minimum absolute atomic E-state index is 0.00926. The topological polar surface area (TPSA) is 131 Å². The van der Waals surface area contributed by atoms with Gasteiger partial charge in [-0.1, -0.05) is 5.16 Å². The Bertz CT molecular complexity index is 690. The number of aromatic nitrogens is 2. The first kappa shape index (κ1) is 14.4. The molecule has 2 N–H and O–H groups in total. The lowest BCUT2D eigenvalue weighted by Gasteiger charge is -2.06. The highest BCUT2D eigenvalue weighted by Crippen LogP contribution is 2.24. The second-order valence-corrected chi connectivity index (χ2v) is 4.31. The van der Waals surface area contributed by atoms with Gasteiger partial charge in [-0.15, -0.1) is 0 Å². The summed E-state index contributed by atoms with van der Waals surface area (Å²) in [6, 6.07) is 0.963. The van der Waals surface area contributed by atoms with Crippen molar-refractivity contribution in [3.05, 3.63) is 45.0 Å². The van der Waals surface area contributed by atoms with Crippen molar-refractivity contribution in [1.82, 2.24) is 10.1 Å². The number of carboxylic acid groups (broad SMARTS) is 1. The van der Waals surface area contributed by atoms with Crippen molar-refractivity contribution in [3.63, 3.8) is 0 Å². The van der Waals surface area contributed by atoms with Gasteiger partial charge in [0.2, 0.25) is 5.82 Å². The van der Waals surface area contributed by atoms with E-state index in [9.17, 15) is 14.9 Å². The van der Waals surface area contributed by atoms with Crippen LogP contribution in [0.4, 0.5) is 11.5 Å². The third kappa shape index (κ3) is 2.96. The van der Waals surface area contributed by atoms with Crippen LogP contribution in [0.25, 0.3) is 0 Å². The van der Waals surface area contributed by atoms with Crippen LogP contribution in [0.5, 0.6) is 0 Å². The number of hydrogen-bond acceptors (Lipinski definition) is 7. The number of anilines is 1. The van der Waals surface area contributed by atoms with E-state index in [1.807, 2.05) is 0 Å². The molecule has 0 aliphatic carbocycles. The van der Waals surface area contributed by atoms with Crippen molar-refractivity contribution in [2.24, 2.45) is 0 Å². The predicted molar refractivity (Wildman–Crippen MR) is 71.2 cm³/mol. The number of carbonyl (C=O) groups is 1. The van der Waals surface area contributed by atoms with Gasteiger partial charge in [-0.25, -0.2) is 9.78 Å². The van der Waals surface area contributed by atoms with E-state index in [0.29, 0.717) is 11.5 Å². The predicted octanol–water partition coefficient (Wildman–Crippen LogP) is 1.90. The first-order valence-corrected chi connectivity index (χ1v) is 5.93. The monoisotopic (exact) mass is 292 g/mol. The van der Waals surface area contributed by atoms with Crippen molar-refractivity contribution >= 4 is 17.5 Å². The molecule has 0 saturated heterocycles. The van der Waals surface area contributed by atoms with Gasteiger partial charge in [0, 0.05) is 24.4 Å². The van der Waals surface area contributed by atoms with Crippen LogP contribution in [0.15, 0.2) is 16.8 Å². The molecule has 110 valence electrons. The van der Waals surface area contributed by atoms with Gasteiger partial charge in [0.15, 0.2) is 0 Å². The Morgan fingerprint density at radius 2 is 2.24 bits per heavy atom. The van der Waals surface area contributed by atoms with Crippen LogP contribution >= 0.6 is 0 Å². The molecule has 0 atom stereocenters. The van der Waals surface area contributed by atoms with Gasteiger partial charge < -0.3 is 14.9 Å². The summed E-state index contributed by atoms with van der Waals surface area (Å²) in [7, 11) is 0. The lowest BCUT2D eigenvalue weighted by molar-refractivity contribution is -0.384. The number of aryl methyl sites for hydroxylation is 2. The molecule has 0 aromatic carbocycles. The van der Waals surface area contributed by atoms with Gasteiger partial charge in [0.25, 0.3) is 0 Å². The molecule has 2 rings (SSSR count). The quantitative estimate of drug-likeness (QED) is 0.630. The molecule has 0 unspecified atom stereocenters. The summed E-state index contributed by atoms with van der Waals surface area (Å²) in [5.41, 5.74) is 0.796. The van der Waals surface area contributed by atoms with E-state index in [4.69, 9.17) is 9.63 Å². The van der Waals surface area contributed by atoms with Crippen molar-refractivity contribution in [2.45, 2.75) is 20.4 Å². The van der Waals surface area contributed by atoms with E-state index < -0.39 is 16.6 Å². The van der Waals surface area contributed by atoms with Crippen LogP contribution in [0.1, 0.15) is 27.4 Å². The Kier molecular flexibility index (Phi) is 3.83. The maximum absolute atomic E-state index is 11.0. The highest BCUT2D eigenvalue weighted by atomic mass is 16.6. The molecule has 2 aromatic rings. The molecular formula is C12H12N4O5. The normalized spacial score (nSPS) is 10.4. The van der Waals surface area contributed by atoms with Gasteiger partial charge in [-0.3, -0.25) is 10.1 Å². The largest absolute Gasteiger partial charge is 0.478 e. The Labute approximate surface area is 118 Å². The van der Waals surface area contributed by atoms with Crippen LogP contribution in [0, 0.1) is 24.0 Å². The first-order valence-electron chi connectivity index (χ1n) is 5.93. The summed E-state index contributed by atoms with van der Waals surface area (Å²) in [5, 5.41) is 26.4. The lowest BCUT2D eigenvalue weighted by atomic mass is 10.2. The highest BCUT2D eigenvalue weighted by Gasteiger charge is 2.19. The molecule has 21 heavy (non-hydrogen) atoms. The molecule has 2 aromatic heterocycles. The Balaban J connectivity index is 2.28. The van der Waals surface area contributed by atoms with Gasteiger partial charge >= 0.3 is 11.7 Å². The van der Waals surface area contributed by atoms with E-state index in [1.54, 1.807) is 13.8 Å². The number of rotatable bonds is 5. The maximum atomic E-state index is 11.0. The van der Waals surface area contributed by atoms with Crippen LogP contribution in [0.3, 0.4) is 0 Å². The summed E-state index contributed by atoms with van der Waals surface area (Å²) < 4.78 is 4.99. The third-order valence-corrected chi connectivity index (χ3v) is 2.93. The number of pyridine rings is 1. The molecule has 0 fully saturated rings. The molecular weight excluding hydrogens is 280 g/mol. The van der Waals surface area contributed by atoms with Crippen LogP contribution in [-0.2, 0) is 6.54 Å². The number of nitro groups is 1. The van der Waals surface area contributed by atoms with E-state index in [-0.39, 0.29) is 17.9 Å². The van der Waals surface area contributed by atoms with Crippen molar-refractivity contribution in [3.8, 4) is 0 Å². The standard InChI is InChI=1S/C12H12N4O5/c1-6-9(7(2)21-15-6)5-14-11-10(16(19)20)3-8(4-13-11)12(17)18/h3-4H,5H2,1-2H3,(H,13,14)(H,17,18). The van der Waals surface area contributed by atoms with Crippen LogP contribution < -0.4 is 5.32 Å². The third-order valence-electron chi connectivity index (χ3n) is 2.93. The molecule has 2 heterocycles. The Morgan fingerprint density at radius 1 is 1.52 bits per heavy atom. The zero-order valence-electron chi connectivity index (χ0n) is 11.3. The molecule has 9 nitrogen and oxygen atoms in total. The summed E-state index contributed by atoms with van der Waals surface area (Å²) in [6.07, 6.45) is 1.06. The fourth-order valence-electron chi connectivity index (χ4n) is 1.77. The second kappa shape index (κ2) is 5.57. The van der Waals surface area contributed by atoms with Gasteiger partial charge in [-0.05, 0) is 13.8 Å². The SMILES string of the molecule is Cc1noc(C)c1CNc1ncc(C(=O)O)cc1[N+](=O)[O-]. The number of hydrogen-bond donors (Lipinski definition) is 2. The molecule has 0 saturated carbocycles. The Hall–Kier alpha value is -2.97. The fraction of sp³-hybridized carbons (Fsp3) is 0.250. The van der Waals surface area contributed by atoms with E-state index in [1.165, 1.54) is 0 Å².